The summed E-state index contributed by atoms with van der Waals surface area (Å²) in [4.78, 5) is 17.0. The minimum atomic E-state index is 0.142. The Balaban J connectivity index is 1.28. The van der Waals surface area contributed by atoms with Crippen molar-refractivity contribution in [1.29, 1.82) is 0 Å². The molecule has 1 aliphatic rings. The Morgan fingerprint density at radius 1 is 1.03 bits per heavy atom. The zero-order valence-corrected chi connectivity index (χ0v) is 17.8. The molecule has 0 bridgehead atoms. The molecule has 8 heteroatoms. The Morgan fingerprint density at radius 2 is 1.77 bits per heavy atom. The van der Waals surface area contributed by atoms with E-state index in [1.807, 2.05) is 39.8 Å². The highest BCUT2D eigenvalue weighted by molar-refractivity contribution is 7.99. The van der Waals surface area contributed by atoms with E-state index in [0.29, 0.717) is 10.9 Å². The fraction of sp³-hybridized carbons (Fsp3) is 0.318. The van der Waals surface area contributed by atoms with Crippen LogP contribution >= 0.6 is 11.8 Å². The van der Waals surface area contributed by atoms with Gasteiger partial charge in [-0.15, -0.1) is 10.2 Å². The molecule has 0 saturated carbocycles. The Hall–Kier alpha value is -2.84. The molecule has 4 rings (SSSR count). The van der Waals surface area contributed by atoms with Crippen LogP contribution in [0.3, 0.4) is 0 Å². The molecule has 1 fully saturated rings. The van der Waals surface area contributed by atoms with Gasteiger partial charge in [-0.1, -0.05) is 42.1 Å². The van der Waals surface area contributed by atoms with E-state index in [2.05, 4.69) is 39.4 Å². The van der Waals surface area contributed by atoms with Gasteiger partial charge in [0.15, 0.2) is 5.16 Å². The molecule has 1 aromatic heterocycles. The van der Waals surface area contributed by atoms with E-state index in [4.69, 9.17) is 4.74 Å². The smallest absolute Gasteiger partial charge is 0.233 e. The lowest BCUT2D eigenvalue weighted by Gasteiger charge is -2.34. The summed E-state index contributed by atoms with van der Waals surface area (Å²) in [6, 6.07) is 18.1. The summed E-state index contributed by atoms with van der Waals surface area (Å²) in [6.45, 7) is 4.25. The summed E-state index contributed by atoms with van der Waals surface area (Å²) in [5.41, 5.74) is 2.25. The van der Waals surface area contributed by atoms with E-state index >= 15 is 0 Å². The molecule has 156 valence electrons. The van der Waals surface area contributed by atoms with Gasteiger partial charge in [0.1, 0.15) is 12.1 Å². The number of hydrogen-bond acceptors (Lipinski definition) is 6. The Bertz CT molecular complexity index is 953. The third kappa shape index (κ3) is 5.01. The number of rotatable bonds is 7. The normalized spacial score (nSPS) is 14.6. The van der Waals surface area contributed by atoms with Gasteiger partial charge in [0.05, 0.1) is 12.9 Å². The van der Waals surface area contributed by atoms with E-state index in [1.54, 1.807) is 13.4 Å². The highest BCUT2D eigenvalue weighted by Gasteiger charge is 2.22. The number of benzene rings is 2. The van der Waals surface area contributed by atoms with Crippen LogP contribution < -0.4 is 4.74 Å². The number of carbonyl (C=O) groups excluding carboxylic acids is 1. The fourth-order valence-electron chi connectivity index (χ4n) is 3.46. The number of nitrogens with zero attached hydrogens (tertiary/aromatic N) is 5. The molecule has 3 aromatic rings. The molecular formula is C22H25N5O2S. The van der Waals surface area contributed by atoms with Crippen LogP contribution in [-0.4, -0.2) is 69.5 Å². The van der Waals surface area contributed by atoms with Crippen molar-refractivity contribution in [3.05, 3.63) is 66.5 Å². The Kier molecular flexibility index (Phi) is 6.66. The SMILES string of the molecule is COc1ccc(-n2cnnc2SCC(=O)N2CCN(Cc3ccccc3)CC2)cc1. The number of aromatic nitrogens is 3. The van der Waals surface area contributed by atoms with Crippen LogP contribution in [0.4, 0.5) is 0 Å². The first-order chi connectivity index (χ1) is 14.7. The summed E-state index contributed by atoms with van der Waals surface area (Å²) < 4.78 is 7.09. The van der Waals surface area contributed by atoms with Crippen molar-refractivity contribution in [3.63, 3.8) is 0 Å². The van der Waals surface area contributed by atoms with Crippen LogP contribution in [0, 0.1) is 0 Å². The van der Waals surface area contributed by atoms with Crippen molar-refractivity contribution in [3.8, 4) is 11.4 Å². The van der Waals surface area contributed by atoms with E-state index in [-0.39, 0.29) is 5.91 Å². The van der Waals surface area contributed by atoms with Crippen molar-refractivity contribution in [2.24, 2.45) is 0 Å². The third-order valence-corrected chi connectivity index (χ3v) is 6.09. The van der Waals surface area contributed by atoms with Crippen LogP contribution in [-0.2, 0) is 11.3 Å². The number of carbonyl (C=O) groups is 1. The average molecular weight is 424 g/mol. The van der Waals surface area contributed by atoms with Gasteiger partial charge >= 0.3 is 0 Å². The van der Waals surface area contributed by atoms with Gasteiger partial charge in [0.25, 0.3) is 0 Å². The van der Waals surface area contributed by atoms with Gasteiger partial charge in [0, 0.05) is 38.4 Å². The average Bonchev–Trinajstić information content (AvgIpc) is 3.27. The first kappa shape index (κ1) is 20.4. The van der Waals surface area contributed by atoms with Crippen LogP contribution in [0.15, 0.2) is 66.1 Å². The largest absolute Gasteiger partial charge is 0.497 e. The van der Waals surface area contributed by atoms with Gasteiger partial charge in [-0.05, 0) is 29.8 Å². The van der Waals surface area contributed by atoms with Crippen molar-refractivity contribution in [2.45, 2.75) is 11.7 Å². The first-order valence-electron chi connectivity index (χ1n) is 9.94. The molecule has 0 atom stereocenters. The van der Waals surface area contributed by atoms with E-state index in [0.717, 1.165) is 44.2 Å². The van der Waals surface area contributed by atoms with Crippen molar-refractivity contribution >= 4 is 17.7 Å². The Labute approximate surface area is 180 Å². The van der Waals surface area contributed by atoms with Gasteiger partial charge in [0.2, 0.25) is 5.91 Å². The molecule has 7 nitrogen and oxygen atoms in total. The lowest BCUT2D eigenvalue weighted by Crippen LogP contribution is -2.48. The summed E-state index contributed by atoms with van der Waals surface area (Å²) in [6.07, 6.45) is 1.66. The van der Waals surface area contributed by atoms with E-state index < -0.39 is 0 Å². The zero-order valence-electron chi connectivity index (χ0n) is 17.0. The maximum atomic E-state index is 12.7. The molecule has 0 radical (unpaired) electrons. The second-order valence-electron chi connectivity index (χ2n) is 7.11. The molecule has 2 heterocycles. The Morgan fingerprint density at radius 3 is 2.47 bits per heavy atom. The molecular weight excluding hydrogens is 398 g/mol. The number of methoxy groups -OCH3 is 1. The topological polar surface area (TPSA) is 63.5 Å². The molecule has 1 amide bonds. The number of amides is 1. The van der Waals surface area contributed by atoms with Crippen molar-refractivity contribution < 1.29 is 9.53 Å². The monoisotopic (exact) mass is 423 g/mol. The van der Waals surface area contributed by atoms with E-state index in [9.17, 15) is 4.79 Å². The van der Waals surface area contributed by atoms with E-state index in [1.165, 1.54) is 17.3 Å². The molecule has 0 aliphatic carbocycles. The maximum absolute atomic E-state index is 12.7. The fourth-order valence-corrected chi connectivity index (χ4v) is 4.29. The molecule has 1 saturated heterocycles. The maximum Gasteiger partial charge on any atom is 0.233 e. The van der Waals surface area contributed by atoms with Crippen LogP contribution in [0.5, 0.6) is 5.75 Å². The summed E-state index contributed by atoms with van der Waals surface area (Å²) in [7, 11) is 1.64. The number of piperazine rings is 1. The van der Waals surface area contributed by atoms with Crippen LogP contribution in [0.25, 0.3) is 5.69 Å². The minimum absolute atomic E-state index is 0.142. The summed E-state index contributed by atoms with van der Waals surface area (Å²) in [5.74, 6) is 1.29. The standard InChI is InChI=1S/C22H25N5O2S/c1-29-20-9-7-19(8-10-20)27-17-23-24-22(27)30-16-21(28)26-13-11-25(12-14-26)15-18-5-3-2-4-6-18/h2-10,17H,11-16H2,1H3. The van der Waals surface area contributed by atoms with Crippen LogP contribution in [0.2, 0.25) is 0 Å². The highest BCUT2D eigenvalue weighted by atomic mass is 32.2. The molecule has 0 unspecified atom stereocenters. The lowest BCUT2D eigenvalue weighted by molar-refractivity contribution is -0.130. The quantitative estimate of drug-likeness (QED) is 0.545. The zero-order chi connectivity index (χ0) is 20.8. The van der Waals surface area contributed by atoms with Crippen LogP contribution in [0.1, 0.15) is 5.56 Å². The summed E-state index contributed by atoms with van der Waals surface area (Å²) in [5, 5.41) is 8.89. The lowest BCUT2D eigenvalue weighted by atomic mass is 10.2. The molecule has 2 aromatic carbocycles. The van der Waals surface area contributed by atoms with Crippen molar-refractivity contribution in [1.82, 2.24) is 24.6 Å². The first-order valence-corrected chi connectivity index (χ1v) is 10.9. The predicted molar refractivity (Wildman–Crippen MR) is 117 cm³/mol. The molecule has 0 N–H and O–H groups in total. The van der Waals surface area contributed by atoms with Gasteiger partial charge in [-0.3, -0.25) is 14.3 Å². The van der Waals surface area contributed by atoms with Crippen molar-refractivity contribution in [2.75, 3.05) is 39.0 Å². The summed E-state index contributed by atoms with van der Waals surface area (Å²) >= 11 is 1.42. The third-order valence-electron chi connectivity index (χ3n) is 5.17. The minimum Gasteiger partial charge on any atom is -0.497 e. The molecule has 30 heavy (non-hydrogen) atoms. The highest BCUT2D eigenvalue weighted by Crippen LogP contribution is 2.22. The number of hydrogen-bond donors (Lipinski definition) is 0. The number of ether oxygens (including phenoxy) is 1. The van der Waals surface area contributed by atoms with Gasteiger partial charge < -0.3 is 9.64 Å². The number of thioether (sulfide) groups is 1. The molecule has 0 spiro atoms. The molecule has 1 aliphatic heterocycles. The second-order valence-corrected chi connectivity index (χ2v) is 8.06. The van der Waals surface area contributed by atoms with Gasteiger partial charge in [-0.2, -0.15) is 0 Å². The second kappa shape index (κ2) is 9.77. The predicted octanol–water partition coefficient (Wildman–Crippen LogP) is 2.71. The van der Waals surface area contributed by atoms with Gasteiger partial charge in [-0.25, -0.2) is 0 Å².